The van der Waals surface area contributed by atoms with Crippen molar-refractivity contribution >= 4 is 0 Å². The van der Waals surface area contributed by atoms with Crippen molar-refractivity contribution in [2.24, 2.45) is 0 Å². The van der Waals surface area contributed by atoms with Gasteiger partial charge in [0.15, 0.2) is 0 Å². The zero-order chi connectivity index (χ0) is 16.5. The summed E-state index contributed by atoms with van der Waals surface area (Å²) in [5.74, 6) is 1.55. The second kappa shape index (κ2) is 9.91. The van der Waals surface area contributed by atoms with Crippen LogP contribution < -0.4 is 14.5 Å². The Hall–Kier alpha value is -1.10. The smallest absolute Gasteiger partial charge is 0.127 e. The van der Waals surface area contributed by atoms with Crippen molar-refractivity contribution < 1.29 is 19.3 Å². The van der Waals surface area contributed by atoms with Crippen LogP contribution in [0.15, 0.2) is 24.3 Å². The summed E-state index contributed by atoms with van der Waals surface area (Å²) in [4.78, 5) is 3.33. The lowest BCUT2D eigenvalue weighted by Gasteiger charge is -2.27. The molecule has 2 rings (SSSR count). The van der Waals surface area contributed by atoms with Crippen LogP contribution in [-0.2, 0) is 4.74 Å². The molecule has 0 bridgehead atoms. The van der Waals surface area contributed by atoms with Crippen LogP contribution in [0.2, 0.25) is 0 Å². The van der Waals surface area contributed by atoms with Crippen LogP contribution in [0.1, 0.15) is 31.7 Å². The zero-order valence-corrected chi connectivity index (χ0v) is 15.1. The number of hydrogen-bond donors (Lipinski definition) is 2. The van der Waals surface area contributed by atoms with Gasteiger partial charge in [0.2, 0.25) is 0 Å². The SMILES string of the molecule is CC[C@H](C)c1ccccc1OCCOCC[NH+]1CC[NH+](C)CC1. The highest BCUT2D eigenvalue weighted by Crippen LogP contribution is 2.28. The van der Waals surface area contributed by atoms with Crippen molar-refractivity contribution in [3.63, 3.8) is 0 Å². The maximum absolute atomic E-state index is 5.93. The molecule has 1 atom stereocenters. The summed E-state index contributed by atoms with van der Waals surface area (Å²) in [6.07, 6.45) is 1.13. The molecule has 0 amide bonds. The van der Waals surface area contributed by atoms with Gasteiger partial charge in [-0.25, -0.2) is 0 Å². The molecule has 0 spiro atoms. The number of likely N-dealkylation sites (N-methyl/N-ethyl adjacent to an activating group) is 1. The Labute approximate surface area is 141 Å². The normalized spacial score (nSPS) is 22.7. The summed E-state index contributed by atoms with van der Waals surface area (Å²) in [6.45, 7) is 12.8. The molecule has 23 heavy (non-hydrogen) atoms. The average molecular weight is 322 g/mol. The fraction of sp³-hybridized carbons (Fsp3) is 0.684. The molecule has 1 aliphatic heterocycles. The molecule has 130 valence electrons. The quantitative estimate of drug-likeness (QED) is 0.627. The van der Waals surface area contributed by atoms with Crippen LogP contribution in [0, 0.1) is 0 Å². The number of nitrogens with one attached hydrogen (secondary N) is 2. The van der Waals surface area contributed by atoms with E-state index in [0.717, 1.165) is 25.3 Å². The fourth-order valence-corrected chi connectivity index (χ4v) is 3.05. The van der Waals surface area contributed by atoms with Crippen LogP contribution in [0.5, 0.6) is 5.75 Å². The van der Waals surface area contributed by atoms with E-state index in [9.17, 15) is 0 Å². The molecule has 4 nitrogen and oxygen atoms in total. The summed E-state index contributed by atoms with van der Waals surface area (Å²) in [5.41, 5.74) is 1.30. The summed E-state index contributed by atoms with van der Waals surface area (Å²) in [5, 5.41) is 0. The Balaban J connectivity index is 1.61. The van der Waals surface area contributed by atoms with E-state index >= 15 is 0 Å². The number of para-hydroxylation sites is 1. The largest absolute Gasteiger partial charge is 0.491 e. The van der Waals surface area contributed by atoms with Crippen molar-refractivity contribution in [1.29, 1.82) is 0 Å². The lowest BCUT2D eigenvalue weighted by Crippen LogP contribution is -3.27. The van der Waals surface area contributed by atoms with Crippen LogP contribution in [0.4, 0.5) is 0 Å². The van der Waals surface area contributed by atoms with E-state index in [-0.39, 0.29) is 0 Å². The minimum atomic E-state index is 0.537. The molecular weight excluding hydrogens is 288 g/mol. The van der Waals surface area contributed by atoms with Gasteiger partial charge < -0.3 is 19.3 Å². The molecule has 1 aromatic rings. The van der Waals surface area contributed by atoms with Gasteiger partial charge in [0.25, 0.3) is 0 Å². The summed E-state index contributed by atoms with van der Waals surface area (Å²) >= 11 is 0. The van der Waals surface area contributed by atoms with Gasteiger partial charge in [0, 0.05) is 0 Å². The highest BCUT2D eigenvalue weighted by Gasteiger charge is 2.19. The third kappa shape index (κ3) is 6.13. The highest BCUT2D eigenvalue weighted by atomic mass is 16.5. The number of quaternary nitrogens is 2. The Morgan fingerprint density at radius 2 is 1.78 bits per heavy atom. The van der Waals surface area contributed by atoms with Gasteiger partial charge in [-0.2, -0.15) is 0 Å². The second-order valence-corrected chi connectivity index (χ2v) is 6.77. The molecule has 1 aliphatic rings. The first-order chi connectivity index (χ1) is 11.2. The molecule has 2 N–H and O–H groups in total. The van der Waals surface area contributed by atoms with Gasteiger partial charge in [-0.15, -0.1) is 0 Å². The number of rotatable bonds is 9. The molecule has 1 aromatic carbocycles. The third-order valence-electron chi connectivity index (χ3n) is 4.96. The van der Waals surface area contributed by atoms with Crippen molar-refractivity contribution in [2.75, 3.05) is 59.6 Å². The van der Waals surface area contributed by atoms with Gasteiger partial charge in [-0.05, 0) is 24.0 Å². The van der Waals surface area contributed by atoms with E-state index in [2.05, 4.69) is 39.1 Å². The monoisotopic (exact) mass is 322 g/mol. The Kier molecular flexibility index (Phi) is 7.86. The van der Waals surface area contributed by atoms with Crippen LogP contribution in [0.25, 0.3) is 0 Å². The summed E-state index contributed by atoms with van der Waals surface area (Å²) in [6, 6.07) is 8.37. The molecule has 4 heteroatoms. The molecule has 0 radical (unpaired) electrons. The van der Waals surface area contributed by atoms with Crippen LogP contribution in [0.3, 0.4) is 0 Å². The molecule has 0 saturated carbocycles. The maximum Gasteiger partial charge on any atom is 0.127 e. The van der Waals surface area contributed by atoms with E-state index in [1.54, 1.807) is 9.80 Å². The first-order valence-corrected chi connectivity index (χ1v) is 9.15. The van der Waals surface area contributed by atoms with Crippen molar-refractivity contribution in [1.82, 2.24) is 0 Å². The first-order valence-electron chi connectivity index (χ1n) is 9.15. The number of piperazine rings is 1. The predicted molar refractivity (Wildman–Crippen MR) is 93.6 cm³/mol. The first kappa shape index (κ1) is 18.2. The second-order valence-electron chi connectivity index (χ2n) is 6.77. The molecule has 1 saturated heterocycles. The van der Waals surface area contributed by atoms with E-state index in [0.29, 0.717) is 19.1 Å². The summed E-state index contributed by atoms with van der Waals surface area (Å²) < 4.78 is 11.7. The molecule has 0 aliphatic carbocycles. The Morgan fingerprint density at radius 3 is 2.52 bits per heavy atom. The van der Waals surface area contributed by atoms with Gasteiger partial charge in [0.05, 0.1) is 20.3 Å². The van der Waals surface area contributed by atoms with E-state index < -0.39 is 0 Å². The maximum atomic E-state index is 5.93. The van der Waals surface area contributed by atoms with Gasteiger partial charge in [-0.3, -0.25) is 0 Å². The van der Waals surface area contributed by atoms with Gasteiger partial charge in [0.1, 0.15) is 45.1 Å². The topological polar surface area (TPSA) is 27.3 Å². The fourth-order valence-electron chi connectivity index (χ4n) is 3.05. The number of benzene rings is 1. The van der Waals surface area contributed by atoms with Crippen molar-refractivity contribution in [3.8, 4) is 5.75 Å². The lowest BCUT2D eigenvalue weighted by atomic mass is 9.98. The van der Waals surface area contributed by atoms with Gasteiger partial charge >= 0.3 is 0 Å². The highest BCUT2D eigenvalue weighted by molar-refractivity contribution is 5.35. The molecule has 0 unspecified atom stereocenters. The van der Waals surface area contributed by atoms with E-state index in [4.69, 9.17) is 9.47 Å². The zero-order valence-electron chi connectivity index (χ0n) is 15.1. The standard InChI is InChI=1S/C19H32N2O2/c1-4-17(2)18-7-5-6-8-19(18)23-16-15-22-14-13-21-11-9-20(3)10-12-21/h5-8,17H,4,9-16H2,1-3H3/p+2/t17-/m0/s1. The van der Waals surface area contributed by atoms with Crippen molar-refractivity contribution in [3.05, 3.63) is 29.8 Å². The molecule has 0 aromatic heterocycles. The summed E-state index contributed by atoms with van der Waals surface area (Å²) in [7, 11) is 2.28. The molecule has 1 fully saturated rings. The minimum Gasteiger partial charge on any atom is -0.491 e. The van der Waals surface area contributed by atoms with E-state index in [1.807, 2.05) is 6.07 Å². The average Bonchev–Trinajstić information content (AvgIpc) is 2.59. The lowest BCUT2D eigenvalue weighted by molar-refractivity contribution is -1.00. The van der Waals surface area contributed by atoms with Crippen molar-refractivity contribution in [2.45, 2.75) is 26.2 Å². The number of hydrogen-bond acceptors (Lipinski definition) is 2. The Bertz CT molecular complexity index is 445. The Morgan fingerprint density at radius 1 is 1.04 bits per heavy atom. The number of ether oxygens (including phenoxy) is 2. The third-order valence-corrected chi connectivity index (χ3v) is 4.96. The molecule has 1 heterocycles. The minimum absolute atomic E-state index is 0.537. The van der Waals surface area contributed by atoms with Gasteiger partial charge in [-0.1, -0.05) is 32.0 Å². The van der Waals surface area contributed by atoms with E-state index in [1.165, 1.54) is 31.7 Å². The molecular formula is C19H34N2O2+2. The van der Waals surface area contributed by atoms with Crippen LogP contribution >= 0.6 is 0 Å². The predicted octanol–water partition coefficient (Wildman–Crippen LogP) is 0.00870. The van der Waals surface area contributed by atoms with Crippen LogP contribution in [-0.4, -0.2) is 59.6 Å².